The van der Waals surface area contributed by atoms with Crippen LogP contribution in [0, 0.1) is 0 Å². The largest absolute Gasteiger partial charge is 0.243 e. The van der Waals surface area contributed by atoms with E-state index in [9.17, 15) is 16.8 Å². The number of hydrogen-bond acceptors (Lipinski definition) is 4. The van der Waals surface area contributed by atoms with Gasteiger partial charge in [0.25, 0.3) is 0 Å². The van der Waals surface area contributed by atoms with Gasteiger partial charge < -0.3 is 0 Å². The van der Waals surface area contributed by atoms with Crippen molar-refractivity contribution in [2.24, 2.45) is 0 Å². The molecule has 8 heteroatoms. The Bertz CT molecular complexity index is 985. The summed E-state index contributed by atoms with van der Waals surface area (Å²) in [5, 5.41) is 1.50. The Hall–Kier alpha value is -1.67. The van der Waals surface area contributed by atoms with Crippen LogP contribution in [-0.4, -0.2) is 32.9 Å². The molecule has 0 N–H and O–H groups in total. The minimum atomic E-state index is -3.89. The molecule has 1 aliphatic rings. The molecule has 0 aromatic heterocycles. The summed E-state index contributed by atoms with van der Waals surface area (Å²) >= 11 is 5.84. The highest BCUT2D eigenvalue weighted by Crippen LogP contribution is 2.26. The Morgan fingerprint density at radius 1 is 1.04 bits per heavy atom. The molecule has 0 spiro atoms. The maximum absolute atomic E-state index is 13.1. The fourth-order valence-electron chi connectivity index (χ4n) is 2.62. The van der Waals surface area contributed by atoms with Gasteiger partial charge in [0.05, 0.1) is 16.7 Å². The van der Waals surface area contributed by atoms with Gasteiger partial charge in [0.15, 0.2) is 9.84 Å². The second-order valence-corrected chi connectivity index (χ2v) is 9.97. The first-order valence-electron chi connectivity index (χ1n) is 7.50. The summed E-state index contributed by atoms with van der Waals surface area (Å²) in [6.07, 6.45) is 1.42. The molecule has 0 fully saturated rings. The van der Waals surface area contributed by atoms with Crippen molar-refractivity contribution in [1.82, 2.24) is 4.31 Å². The van der Waals surface area contributed by atoms with Crippen molar-refractivity contribution in [3.63, 3.8) is 0 Å². The van der Waals surface area contributed by atoms with Gasteiger partial charge in [0.1, 0.15) is 0 Å². The molecule has 3 rings (SSSR count). The van der Waals surface area contributed by atoms with E-state index in [0.717, 1.165) is 11.0 Å². The van der Waals surface area contributed by atoms with E-state index in [1.165, 1.54) is 34.6 Å². The Labute approximate surface area is 152 Å². The average Bonchev–Trinajstić information content (AvgIpc) is 2.93. The lowest BCUT2D eigenvalue weighted by atomic mass is 10.2. The predicted molar refractivity (Wildman–Crippen MR) is 97.3 cm³/mol. The molecule has 2 aromatic carbocycles. The number of halogens is 1. The van der Waals surface area contributed by atoms with Gasteiger partial charge >= 0.3 is 0 Å². The van der Waals surface area contributed by atoms with Crippen LogP contribution in [0.25, 0.3) is 0 Å². The van der Waals surface area contributed by atoms with E-state index in [0.29, 0.717) is 5.02 Å². The van der Waals surface area contributed by atoms with E-state index >= 15 is 0 Å². The number of sulfone groups is 1. The topological polar surface area (TPSA) is 71.5 Å². The van der Waals surface area contributed by atoms with Gasteiger partial charge in [-0.3, -0.25) is 0 Å². The molecular weight excluding hydrogens is 382 g/mol. The van der Waals surface area contributed by atoms with Gasteiger partial charge in [-0.05, 0) is 29.8 Å². The summed E-state index contributed by atoms with van der Waals surface area (Å²) in [6.45, 7) is 0.0797. The van der Waals surface area contributed by atoms with Gasteiger partial charge in [-0.1, -0.05) is 48.0 Å². The molecular formula is C17H16ClNO4S2. The first-order valence-corrected chi connectivity index (χ1v) is 11.0. The molecule has 1 atom stereocenters. The molecule has 25 heavy (non-hydrogen) atoms. The highest BCUT2D eigenvalue weighted by molar-refractivity contribution is 7.94. The van der Waals surface area contributed by atoms with Gasteiger partial charge in [0.2, 0.25) is 10.0 Å². The SMILES string of the molecule is O=S1(=O)C=C[C@H](N(Cc2ccccc2)S(=O)(=O)c2ccc(Cl)cc2)C1. The lowest BCUT2D eigenvalue weighted by Crippen LogP contribution is -2.40. The summed E-state index contributed by atoms with van der Waals surface area (Å²) in [7, 11) is -7.28. The lowest BCUT2D eigenvalue weighted by molar-refractivity contribution is 0.375. The highest BCUT2D eigenvalue weighted by Gasteiger charge is 2.35. The lowest BCUT2D eigenvalue weighted by Gasteiger charge is -2.27. The van der Waals surface area contributed by atoms with Crippen LogP contribution < -0.4 is 0 Å². The zero-order valence-electron chi connectivity index (χ0n) is 13.1. The van der Waals surface area contributed by atoms with Gasteiger partial charge in [0, 0.05) is 17.0 Å². The normalized spacial score (nSPS) is 19.4. The monoisotopic (exact) mass is 397 g/mol. The molecule has 0 radical (unpaired) electrons. The van der Waals surface area contributed by atoms with Gasteiger partial charge in [-0.2, -0.15) is 4.31 Å². The summed E-state index contributed by atoms with van der Waals surface area (Å²) in [6, 6.07) is 14.1. The Kier molecular flexibility index (Phi) is 5.02. The predicted octanol–water partition coefficient (Wildman–Crippen LogP) is 2.84. The van der Waals surface area contributed by atoms with Crippen molar-refractivity contribution >= 4 is 31.5 Å². The van der Waals surface area contributed by atoms with Crippen molar-refractivity contribution in [3.05, 3.63) is 76.7 Å². The first kappa shape index (κ1) is 18.1. The number of rotatable bonds is 5. The fourth-order valence-corrected chi connectivity index (χ4v) is 5.71. The van der Waals surface area contributed by atoms with Gasteiger partial charge in [-0.25, -0.2) is 16.8 Å². The number of sulfonamides is 1. The van der Waals surface area contributed by atoms with E-state index in [1.54, 1.807) is 12.1 Å². The van der Waals surface area contributed by atoms with Crippen LogP contribution >= 0.6 is 11.6 Å². The zero-order chi connectivity index (χ0) is 18.1. The molecule has 0 bridgehead atoms. The zero-order valence-corrected chi connectivity index (χ0v) is 15.5. The number of benzene rings is 2. The van der Waals surface area contributed by atoms with Crippen LogP contribution in [0.2, 0.25) is 5.02 Å². The number of nitrogens with zero attached hydrogens (tertiary/aromatic N) is 1. The third kappa shape index (κ3) is 4.12. The van der Waals surface area contributed by atoms with Gasteiger partial charge in [-0.15, -0.1) is 0 Å². The molecule has 0 unspecified atom stereocenters. The minimum Gasteiger partial charge on any atom is -0.224 e. The summed E-state index contributed by atoms with van der Waals surface area (Å²) in [5.74, 6) is -0.257. The first-order chi connectivity index (χ1) is 11.8. The summed E-state index contributed by atoms with van der Waals surface area (Å²) < 4.78 is 51.0. The molecule has 0 saturated heterocycles. The summed E-state index contributed by atoms with van der Waals surface area (Å²) in [4.78, 5) is 0.0746. The molecule has 0 amide bonds. The second kappa shape index (κ2) is 6.92. The van der Waals surface area contributed by atoms with Crippen molar-refractivity contribution in [2.75, 3.05) is 5.75 Å². The summed E-state index contributed by atoms with van der Waals surface area (Å²) in [5.41, 5.74) is 0.776. The molecule has 1 heterocycles. The Balaban J connectivity index is 2.01. The third-order valence-corrected chi connectivity index (χ3v) is 7.40. The van der Waals surface area contributed by atoms with E-state index in [2.05, 4.69) is 0 Å². The van der Waals surface area contributed by atoms with Crippen molar-refractivity contribution in [1.29, 1.82) is 0 Å². The Morgan fingerprint density at radius 2 is 1.68 bits per heavy atom. The smallest absolute Gasteiger partial charge is 0.224 e. The molecule has 2 aromatic rings. The Morgan fingerprint density at radius 3 is 2.24 bits per heavy atom. The minimum absolute atomic E-state index is 0.0746. The van der Waals surface area contributed by atoms with E-state index in [1.807, 2.05) is 18.2 Å². The van der Waals surface area contributed by atoms with Crippen molar-refractivity contribution in [3.8, 4) is 0 Å². The molecule has 5 nitrogen and oxygen atoms in total. The van der Waals surface area contributed by atoms with E-state index in [-0.39, 0.29) is 17.2 Å². The standard InChI is InChI=1S/C17H16ClNO4S2/c18-15-6-8-17(9-7-15)25(22,23)19(12-14-4-2-1-3-5-14)16-10-11-24(20,21)13-16/h1-11,16H,12-13H2/t16-/m0/s1. The molecule has 0 aliphatic carbocycles. The fraction of sp³-hybridized carbons (Fsp3) is 0.176. The van der Waals surface area contributed by atoms with Crippen LogP contribution in [0.5, 0.6) is 0 Å². The quantitative estimate of drug-likeness (QED) is 0.777. The van der Waals surface area contributed by atoms with Crippen molar-refractivity contribution < 1.29 is 16.8 Å². The average molecular weight is 398 g/mol. The molecule has 1 aliphatic heterocycles. The number of hydrogen-bond donors (Lipinski definition) is 0. The maximum Gasteiger partial charge on any atom is 0.243 e. The van der Waals surface area contributed by atoms with E-state index in [4.69, 9.17) is 11.6 Å². The van der Waals surface area contributed by atoms with Crippen LogP contribution in [0.1, 0.15) is 5.56 Å². The van der Waals surface area contributed by atoms with Crippen LogP contribution in [0.15, 0.2) is 71.0 Å². The third-order valence-electron chi connectivity index (χ3n) is 3.88. The molecule has 132 valence electrons. The van der Waals surface area contributed by atoms with Crippen LogP contribution in [0.3, 0.4) is 0 Å². The molecule has 0 saturated carbocycles. The van der Waals surface area contributed by atoms with Crippen LogP contribution in [-0.2, 0) is 26.4 Å². The van der Waals surface area contributed by atoms with Crippen LogP contribution in [0.4, 0.5) is 0 Å². The van der Waals surface area contributed by atoms with Crippen molar-refractivity contribution in [2.45, 2.75) is 17.5 Å². The second-order valence-electron chi connectivity index (χ2n) is 5.72. The van der Waals surface area contributed by atoms with E-state index < -0.39 is 25.9 Å². The highest BCUT2D eigenvalue weighted by atomic mass is 35.5. The maximum atomic E-state index is 13.1.